The fraction of sp³-hybridized carbons (Fsp3) is 0.478. The van der Waals surface area contributed by atoms with E-state index in [1.807, 2.05) is 11.0 Å². The van der Waals surface area contributed by atoms with Crippen LogP contribution in [0.5, 0.6) is 0 Å². The smallest absolute Gasteiger partial charge is 0.254 e. The molecule has 0 unspecified atom stereocenters. The summed E-state index contributed by atoms with van der Waals surface area (Å²) in [6.07, 6.45) is 7.95. The Bertz CT molecular complexity index is 1130. The number of thiophene rings is 1. The summed E-state index contributed by atoms with van der Waals surface area (Å²) in [6.45, 7) is 0.672. The van der Waals surface area contributed by atoms with Crippen molar-refractivity contribution in [2.24, 2.45) is 17.7 Å². The van der Waals surface area contributed by atoms with Gasteiger partial charge in [0, 0.05) is 35.3 Å². The second kappa shape index (κ2) is 9.77. The van der Waals surface area contributed by atoms with Crippen LogP contribution in [-0.2, 0) is 17.6 Å². The highest BCUT2D eigenvalue weighted by Gasteiger charge is 2.36. The number of hydrogen-bond acceptors (Lipinski definition) is 6. The van der Waals surface area contributed by atoms with Crippen molar-refractivity contribution in [3.8, 4) is 0 Å². The monoisotopic (exact) mass is 518 g/mol. The van der Waals surface area contributed by atoms with Crippen LogP contribution in [0.1, 0.15) is 52.9 Å². The Morgan fingerprint density at radius 1 is 1.26 bits per heavy atom. The maximum Gasteiger partial charge on any atom is 0.254 e. The third-order valence-electron chi connectivity index (χ3n) is 6.59. The Hall–Kier alpha value is -2.27. The second-order valence-corrected chi connectivity index (χ2v) is 11.1. The van der Waals surface area contributed by atoms with Gasteiger partial charge < -0.3 is 21.0 Å². The minimum Gasteiger partial charge on any atom is -0.352 e. The minimum absolute atomic E-state index is 0.00736. The van der Waals surface area contributed by atoms with E-state index in [1.165, 1.54) is 11.3 Å². The number of amides is 2. The van der Waals surface area contributed by atoms with Gasteiger partial charge in [-0.2, -0.15) is 0 Å². The zero-order valence-electron chi connectivity index (χ0n) is 18.6. The topological polar surface area (TPSA) is 112 Å². The summed E-state index contributed by atoms with van der Waals surface area (Å²) < 4.78 is 0. The van der Waals surface area contributed by atoms with Gasteiger partial charge in [-0.1, -0.05) is 11.6 Å². The third kappa shape index (κ3) is 5.05. The van der Waals surface area contributed by atoms with Crippen LogP contribution in [0, 0.1) is 11.8 Å². The number of fused-ring (bicyclic) bond motifs is 1. The quantitative estimate of drug-likeness (QED) is 0.192. The van der Waals surface area contributed by atoms with Gasteiger partial charge in [-0.3, -0.25) is 9.59 Å². The van der Waals surface area contributed by atoms with Crippen LogP contribution in [0.4, 0.5) is 10.7 Å². The van der Waals surface area contributed by atoms with Crippen LogP contribution in [0.2, 0.25) is 5.15 Å². The first-order valence-corrected chi connectivity index (χ1v) is 13.2. The van der Waals surface area contributed by atoms with E-state index in [-0.39, 0.29) is 23.8 Å². The number of hydrogen-bond donors (Lipinski definition) is 4. The number of nitrogens with one attached hydrogen (secondary N) is 3. The summed E-state index contributed by atoms with van der Waals surface area (Å²) in [7, 11) is 0. The average molecular weight is 519 g/mol. The van der Waals surface area contributed by atoms with Gasteiger partial charge in [-0.15, -0.1) is 11.3 Å². The fourth-order valence-electron chi connectivity index (χ4n) is 4.43. The van der Waals surface area contributed by atoms with E-state index in [9.17, 15) is 9.59 Å². The van der Waals surface area contributed by atoms with Crippen LogP contribution in [-0.4, -0.2) is 34.5 Å². The Morgan fingerprint density at radius 2 is 2.06 bits per heavy atom. The standard InChI is InChI=1S/C23H27ClN6O2S2/c24-18-10-15(7-8-26-18)30(23(33)29-25)14-5-6-17-16(9-14)19(21(32)27-11-12-1-2-12)22(34-17)28-20(31)13-3-4-13/h7-8,10,12-14H,1-6,9,11,25H2,(H,27,32)(H,28,31)(H,29,33)/t14-/m0/s1. The maximum absolute atomic E-state index is 13.3. The number of aryl methyl sites for hydroxylation is 1. The fourth-order valence-corrected chi connectivity index (χ4v) is 6.09. The highest BCUT2D eigenvalue weighted by molar-refractivity contribution is 7.80. The molecule has 34 heavy (non-hydrogen) atoms. The lowest BCUT2D eigenvalue weighted by Crippen LogP contribution is -2.50. The zero-order chi connectivity index (χ0) is 23.8. The molecule has 2 heterocycles. The van der Waals surface area contributed by atoms with E-state index in [0.29, 0.717) is 39.7 Å². The molecule has 0 radical (unpaired) electrons. The van der Waals surface area contributed by atoms with Crippen molar-refractivity contribution in [1.82, 2.24) is 15.7 Å². The molecule has 0 saturated heterocycles. The molecule has 1 atom stereocenters. The van der Waals surface area contributed by atoms with Gasteiger partial charge >= 0.3 is 0 Å². The maximum atomic E-state index is 13.3. The average Bonchev–Trinajstić information content (AvgIpc) is 3.74. The predicted molar refractivity (Wildman–Crippen MR) is 138 cm³/mol. The number of halogens is 1. The third-order valence-corrected chi connectivity index (χ3v) is 8.32. The molecule has 2 aromatic rings. The number of hydrazine groups is 1. The van der Waals surface area contributed by atoms with Crippen molar-refractivity contribution in [2.75, 3.05) is 16.8 Å². The van der Waals surface area contributed by atoms with E-state index in [4.69, 9.17) is 29.7 Å². The van der Waals surface area contributed by atoms with Crippen molar-refractivity contribution >= 4 is 62.8 Å². The number of nitrogens with zero attached hydrogens (tertiary/aromatic N) is 2. The highest BCUT2D eigenvalue weighted by atomic mass is 35.5. The summed E-state index contributed by atoms with van der Waals surface area (Å²) in [5, 5.41) is 7.53. The van der Waals surface area contributed by atoms with Crippen molar-refractivity contribution in [1.29, 1.82) is 0 Å². The van der Waals surface area contributed by atoms with E-state index in [1.54, 1.807) is 12.3 Å². The molecule has 0 aromatic carbocycles. The molecule has 0 bridgehead atoms. The largest absolute Gasteiger partial charge is 0.352 e. The molecule has 2 saturated carbocycles. The normalized spacial score (nSPS) is 19.2. The Balaban J connectivity index is 1.46. The van der Waals surface area contributed by atoms with Gasteiger partial charge in [-0.25, -0.2) is 10.8 Å². The summed E-state index contributed by atoms with van der Waals surface area (Å²) in [4.78, 5) is 33.0. The van der Waals surface area contributed by atoms with Gasteiger partial charge in [0.2, 0.25) is 5.91 Å². The number of rotatable bonds is 7. The first-order valence-electron chi connectivity index (χ1n) is 11.6. The Kier molecular flexibility index (Phi) is 6.74. The summed E-state index contributed by atoms with van der Waals surface area (Å²) in [5.41, 5.74) is 4.95. The first-order chi connectivity index (χ1) is 16.4. The Labute approximate surface area is 212 Å². The molecule has 0 aliphatic heterocycles. The van der Waals surface area contributed by atoms with Crippen molar-refractivity contribution in [3.63, 3.8) is 0 Å². The Morgan fingerprint density at radius 3 is 2.74 bits per heavy atom. The molecular formula is C23H27ClN6O2S2. The first kappa shape index (κ1) is 23.5. The lowest BCUT2D eigenvalue weighted by atomic mass is 9.90. The van der Waals surface area contributed by atoms with Crippen molar-refractivity contribution in [3.05, 3.63) is 39.5 Å². The number of aromatic nitrogens is 1. The predicted octanol–water partition coefficient (Wildman–Crippen LogP) is 3.40. The van der Waals surface area contributed by atoms with E-state index in [0.717, 1.165) is 54.7 Å². The summed E-state index contributed by atoms with van der Waals surface area (Å²) in [5.74, 6) is 6.22. The molecule has 5 rings (SSSR count). The number of anilines is 2. The molecule has 3 aliphatic carbocycles. The molecule has 2 fully saturated rings. The summed E-state index contributed by atoms with van der Waals surface area (Å²) >= 11 is 13.2. The lowest BCUT2D eigenvalue weighted by molar-refractivity contribution is -0.117. The van der Waals surface area contributed by atoms with E-state index >= 15 is 0 Å². The number of thiocarbonyl (C=S) groups is 1. The van der Waals surface area contributed by atoms with Crippen LogP contribution in [0.25, 0.3) is 0 Å². The number of carbonyl (C=O) groups excluding carboxylic acids is 2. The van der Waals surface area contributed by atoms with Crippen molar-refractivity contribution < 1.29 is 9.59 Å². The lowest BCUT2D eigenvalue weighted by Gasteiger charge is -2.36. The number of pyridine rings is 1. The highest BCUT2D eigenvalue weighted by Crippen LogP contribution is 2.41. The molecule has 2 aromatic heterocycles. The van der Waals surface area contributed by atoms with Crippen molar-refractivity contribution in [2.45, 2.75) is 51.0 Å². The van der Waals surface area contributed by atoms with Gasteiger partial charge in [-0.05, 0) is 80.8 Å². The molecule has 8 nitrogen and oxygen atoms in total. The molecule has 3 aliphatic rings. The second-order valence-electron chi connectivity index (χ2n) is 9.18. The van der Waals surface area contributed by atoms with Crippen LogP contribution in [0.15, 0.2) is 18.3 Å². The molecule has 11 heteroatoms. The molecule has 180 valence electrons. The van der Waals surface area contributed by atoms with Gasteiger partial charge in [0.05, 0.1) is 5.56 Å². The van der Waals surface area contributed by atoms with Gasteiger partial charge in [0.25, 0.3) is 5.91 Å². The zero-order valence-corrected chi connectivity index (χ0v) is 21.0. The minimum atomic E-state index is -0.117. The van der Waals surface area contributed by atoms with Crippen LogP contribution in [0.3, 0.4) is 0 Å². The molecule has 5 N–H and O–H groups in total. The number of nitrogens with two attached hydrogens (primary N) is 1. The molecule has 2 amide bonds. The SMILES string of the molecule is NNC(=S)N(c1ccnc(Cl)c1)[C@H]1CCc2sc(NC(=O)C3CC3)c(C(=O)NCC3CC3)c2C1. The van der Waals surface area contributed by atoms with Gasteiger partial charge in [0.15, 0.2) is 5.11 Å². The molecular weight excluding hydrogens is 492 g/mol. The van der Waals surface area contributed by atoms with Gasteiger partial charge in [0.1, 0.15) is 10.2 Å². The van der Waals surface area contributed by atoms with E-state index in [2.05, 4.69) is 21.0 Å². The van der Waals surface area contributed by atoms with Crippen LogP contribution >= 0.6 is 35.2 Å². The number of carbonyl (C=O) groups is 2. The van der Waals surface area contributed by atoms with Crippen LogP contribution < -0.4 is 26.8 Å². The molecule has 0 spiro atoms. The van der Waals surface area contributed by atoms with E-state index < -0.39 is 0 Å². The summed E-state index contributed by atoms with van der Waals surface area (Å²) in [6, 6.07) is 3.55.